The van der Waals surface area contributed by atoms with Crippen molar-refractivity contribution in [2.75, 3.05) is 10.9 Å². The molecule has 0 aliphatic heterocycles. The standard InChI is InChI=1S/C18H19ClFNO5S/c1-3-26-18(23)13-5-7-16(15(20)9-13)21(27(24)25)17-10-14(19)6-4-12(17)8-11(2)22/h4-7,9-11,22H,3,8H2,1-2H3,(H,24,25). The van der Waals surface area contributed by atoms with Gasteiger partial charge >= 0.3 is 5.97 Å². The van der Waals surface area contributed by atoms with E-state index in [0.717, 1.165) is 10.4 Å². The number of aliphatic hydroxyl groups excluding tert-OH is 1. The molecule has 6 nitrogen and oxygen atoms in total. The first-order chi connectivity index (χ1) is 12.7. The number of benzene rings is 2. The van der Waals surface area contributed by atoms with E-state index in [2.05, 4.69) is 0 Å². The second-order valence-electron chi connectivity index (χ2n) is 5.74. The highest BCUT2D eigenvalue weighted by Crippen LogP contribution is 2.35. The molecule has 2 rings (SSSR count). The van der Waals surface area contributed by atoms with Gasteiger partial charge in [-0.2, -0.15) is 0 Å². The van der Waals surface area contributed by atoms with Gasteiger partial charge in [0, 0.05) is 11.4 Å². The molecule has 2 N–H and O–H groups in total. The fourth-order valence-corrected chi connectivity index (χ4v) is 3.35. The zero-order valence-corrected chi connectivity index (χ0v) is 16.3. The number of anilines is 2. The number of esters is 1. The van der Waals surface area contributed by atoms with Gasteiger partial charge in [-0.25, -0.2) is 17.7 Å². The molecular weight excluding hydrogens is 397 g/mol. The molecular formula is C18H19ClFNO5S. The number of nitrogens with zero attached hydrogens (tertiary/aromatic N) is 1. The smallest absolute Gasteiger partial charge is 0.338 e. The van der Waals surface area contributed by atoms with Crippen molar-refractivity contribution in [1.29, 1.82) is 0 Å². The van der Waals surface area contributed by atoms with Crippen LogP contribution in [-0.4, -0.2) is 32.5 Å². The van der Waals surface area contributed by atoms with Crippen LogP contribution in [0.25, 0.3) is 0 Å². The Bertz CT molecular complexity index is 862. The Morgan fingerprint density at radius 3 is 2.56 bits per heavy atom. The van der Waals surface area contributed by atoms with Gasteiger partial charge in [0.2, 0.25) is 0 Å². The van der Waals surface area contributed by atoms with Gasteiger partial charge in [0.25, 0.3) is 11.3 Å². The lowest BCUT2D eigenvalue weighted by atomic mass is 10.1. The Balaban J connectivity index is 2.55. The molecule has 0 amide bonds. The minimum absolute atomic E-state index is 0.0166. The first-order valence-electron chi connectivity index (χ1n) is 8.08. The normalized spacial score (nSPS) is 13.1. The lowest BCUT2D eigenvalue weighted by molar-refractivity contribution is 0.0526. The van der Waals surface area contributed by atoms with Gasteiger partial charge in [-0.3, -0.25) is 4.55 Å². The molecule has 2 unspecified atom stereocenters. The third-order valence-electron chi connectivity index (χ3n) is 3.62. The van der Waals surface area contributed by atoms with E-state index in [1.165, 1.54) is 18.2 Å². The van der Waals surface area contributed by atoms with Crippen LogP contribution < -0.4 is 4.31 Å². The van der Waals surface area contributed by atoms with Crippen LogP contribution in [0.2, 0.25) is 5.02 Å². The molecule has 9 heteroatoms. The van der Waals surface area contributed by atoms with Crippen molar-refractivity contribution in [3.63, 3.8) is 0 Å². The van der Waals surface area contributed by atoms with Crippen molar-refractivity contribution < 1.29 is 27.8 Å². The van der Waals surface area contributed by atoms with Crippen LogP contribution in [0.15, 0.2) is 36.4 Å². The monoisotopic (exact) mass is 415 g/mol. The Hall–Kier alpha value is -2.00. The van der Waals surface area contributed by atoms with Crippen molar-refractivity contribution in [2.45, 2.75) is 26.4 Å². The van der Waals surface area contributed by atoms with Gasteiger partial charge in [0.05, 0.1) is 29.6 Å². The predicted octanol–water partition coefficient (Wildman–Crippen LogP) is 3.85. The highest BCUT2D eigenvalue weighted by atomic mass is 35.5. The summed E-state index contributed by atoms with van der Waals surface area (Å²) in [6.45, 7) is 3.33. The van der Waals surface area contributed by atoms with Crippen molar-refractivity contribution in [3.05, 3.63) is 58.4 Å². The third kappa shape index (κ3) is 5.26. The lowest BCUT2D eigenvalue weighted by Crippen LogP contribution is -2.23. The third-order valence-corrected chi connectivity index (χ3v) is 4.56. The second kappa shape index (κ2) is 9.27. The number of aliphatic hydroxyl groups is 1. The number of ether oxygens (including phenoxy) is 1. The molecule has 0 aliphatic rings. The largest absolute Gasteiger partial charge is 0.462 e. The number of rotatable bonds is 7. The molecule has 0 radical (unpaired) electrons. The van der Waals surface area contributed by atoms with Crippen molar-refractivity contribution in [1.82, 2.24) is 0 Å². The molecule has 0 saturated carbocycles. The summed E-state index contributed by atoms with van der Waals surface area (Å²) >= 11 is 3.37. The van der Waals surface area contributed by atoms with E-state index in [-0.39, 0.29) is 35.0 Å². The SMILES string of the molecule is CCOC(=O)c1ccc(N(c2cc(Cl)ccc2CC(C)O)S(=O)O)c(F)c1. The molecule has 0 bridgehead atoms. The summed E-state index contributed by atoms with van der Waals surface area (Å²) in [6, 6.07) is 8.02. The van der Waals surface area contributed by atoms with Gasteiger partial charge in [-0.1, -0.05) is 17.7 Å². The molecule has 2 aromatic rings. The van der Waals surface area contributed by atoms with Crippen LogP contribution in [-0.2, 0) is 22.4 Å². The molecule has 0 spiro atoms. The highest BCUT2D eigenvalue weighted by molar-refractivity contribution is 7.81. The summed E-state index contributed by atoms with van der Waals surface area (Å²) in [4.78, 5) is 11.7. The van der Waals surface area contributed by atoms with E-state index in [1.807, 2.05) is 0 Å². The summed E-state index contributed by atoms with van der Waals surface area (Å²) < 4.78 is 42.1. The second-order valence-corrected chi connectivity index (χ2v) is 7.00. The van der Waals surface area contributed by atoms with Gasteiger partial charge in [-0.05, 0) is 49.7 Å². The summed E-state index contributed by atoms with van der Waals surface area (Å²) in [5.41, 5.74) is 0.438. The van der Waals surface area contributed by atoms with Crippen molar-refractivity contribution in [3.8, 4) is 0 Å². The molecule has 146 valence electrons. The summed E-state index contributed by atoms with van der Waals surface area (Å²) in [5, 5.41) is 9.95. The highest BCUT2D eigenvalue weighted by Gasteiger charge is 2.24. The maximum absolute atomic E-state index is 14.7. The van der Waals surface area contributed by atoms with Crippen LogP contribution in [0.4, 0.5) is 15.8 Å². The zero-order valence-electron chi connectivity index (χ0n) is 14.7. The van der Waals surface area contributed by atoms with Gasteiger partial charge < -0.3 is 9.84 Å². The fraction of sp³-hybridized carbons (Fsp3) is 0.278. The Morgan fingerprint density at radius 2 is 2.00 bits per heavy atom. The molecule has 27 heavy (non-hydrogen) atoms. The average Bonchev–Trinajstić information content (AvgIpc) is 2.58. The van der Waals surface area contributed by atoms with Crippen molar-refractivity contribution >= 4 is 40.2 Å². The first kappa shape index (κ1) is 21.3. The maximum atomic E-state index is 14.7. The van der Waals surface area contributed by atoms with Gasteiger partial charge in [0.15, 0.2) is 0 Å². The minimum Gasteiger partial charge on any atom is -0.462 e. The molecule has 0 saturated heterocycles. The van der Waals surface area contributed by atoms with Crippen LogP contribution in [0.1, 0.15) is 29.8 Å². The Kier molecular flexibility index (Phi) is 7.32. The maximum Gasteiger partial charge on any atom is 0.338 e. The van der Waals surface area contributed by atoms with Crippen LogP contribution >= 0.6 is 11.6 Å². The molecule has 2 atom stereocenters. The predicted molar refractivity (Wildman–Crippen MR) is 102 cm³/mol. The van der Waals surface area contributed by atoms with Crippen molar-refractivity contribution in [2.24, 2.45) is 0 Å². The summed E-state index contributed by atoms with van der Waals surface area (Å²) in [5.74, 6) is -1.58. The van der Waals surface area contributed by atoms with E-state index in [4.69, 9.17) is 16.3 Å². The molecule has 0 aliphatic carbocycles. The topological polar surface area (TPSA) is 87.1 Å². The summed E-state index contributed by atoms with van der Waals surface area (Å²) in [6.07, 6.45) is -0.558. The first-order valence-corrected chi connectivity index (χ1v) is 9.53. The number of halogens is 2. The zero-order chi connectivity index (χ0) is 20.1. The molecule has 0 fully saturated rings. The Labute approximate surface area is 163 Å². The Morgan fingerprint density at radius 1 is 1.30 bits per heavy atom. The fourth-order valence-electron chi connectivity index (χ4n) is 2.53. The number of carbonyl (C=O) groups is 1. The van der Waals surface area contributed by atoms with Crippen LogP contribution in [0.5, 0.6) is 0 Å². The number of carbonyl (C=O) groups excluding carboxylic acids is 1. The van der Waals surface area contributed by atoms with E-state index in [9.17, 15) is 23.1 Å². The average molecular weight is 416 g/mol. The van der Waals surface area contributed by atoms with E-state index >= 15 is 0 Å². The minimum atomic E-state index is -2.63. The molecule has 0 heterocycles. The number of hydrogen-bond donors (Lipinski definition) is 2. The molecule has 2 aromatic carbocycles. The van der Waals surface area contributed by atoms with E-state index in [1.54, 1.807) is 26.0 Å². The lowest BCUT2D eigenvalue weighted by Gasteiger charge is -2.24. The van der Waals surface area contributed by atoms with Crippen LogP contribution in [0.3, 0.4) is 0 Å². The van der Waals surface area contributed by atoms with E-state index < -0.39 is 29.2 Å². The van der Waals surface area contributed by atoms with Gasteiger partial charge in [-0.15, -0.1) is 0 Å². The quantitative estimate of drug-likeness (QED) is 0.529. The summed E-state index contributed by atoms with van der Waals surface area (Å²) in [7, 11) is 0. The number of hydrogen-bond acceptors (Lipinski definition) is 4. The van der Waals surface area contributed by atoms with E-state index in [0.29, 0.717) is 5.56 Å². The van der Waals surface area contributed by atoms with Gasteiger partial charge in [0.1, 0.15) is 5.82 Å². The van der Waals surface area contributed by atoms with Crippen LogP contribution in [0, 0.1) is 5.82 Å². The molecule has 0 aromatic heterocycles.